The average molecular weight is 214 g/mol. The monoisotopic (exact) mass is 212 g/mol. The van der Waals surface area contributed by atoms with Crippen molar-refractivity contribution in [2.75, 3.05) is 11.8 Å². The Balaban J connectivity index is 3.80. The van der Waals surface area contributed by atoms with Gasteiger partial charge in [0.25, 0.3) is 0 Å². The lowest BCUT2D eigenvalue weighted by atomic mass is 10.3. The highest BCUT2D eigenvalue weighted by Crippen LogP contribution is 2.28. The van der Waals surface area contributed by atoms with Gasteiger partial charge in [-0.25, -0.2) is 4.39 Å². The molecule has 0 amide bonds. The van der Waals surface area contributed by atoms with Gasteiger partial charge in [0.2, 0.25) is 5.13 Å². The molecule has 0 N–H and O–H groups in total. The van der Waals surface area contributed by atoms with Gasteiger partial charge in [-0.05, 0) is 0 Å². The third-order valence-corrected chi connectivity index (χ3v) is 2.77. The van der Waals surface area contributed by atoms with E-state index >= 15 is 0 Å². The number of rotatable bonds is 3. The van der Waals surface area contributed by atoms with Crippen molar-refractivity contribution in [1.29, 1.82) is 0 Å². The molecule has 0 aliphatic heterocycles. The fraction of sp³-hybridized carbons (Fsp3) is 1.00. The molecule has 0 saturated heterocycles. The van der Waals surface area contributed by atoms with Gasteiger partial charge in [0.05, 0.1) is 11.3 Å². The lowest BCUT2D eigenvalue weighted by Gasteiger charge is -2.17. The summed E-state index contributed by atoms with van der Waals surface area (Å²) in [5, 5.41) is -3.01. The number of halogens is 5. The molecule has 0 fully saturated rings. The van der Waals surface area contributed by atoms with Crippen LogP contribution in [0.25, 0.3) is 0 Å². The molecule has 9 heavy (non-hydrogen) atoms. The van der Waals surface area contributed by atoms with E-state index in [0.717, 1.165) is 0 Å². The summed E-state index contributed by atoms with van der Waals surface area (Å²) in [6.45, 7) is 0. The third kappa shape index (κ3) is 3.13. The van der Waals surface area contributed by atoms with Gasteiger partial charge >= 0.3 is 0 Å². The summed E-state index contributed by atoms with van der Waals surface area (Å²) in [5.74, 6) is -0.399. The van der Waals surface area contributed by atoms with E-state index in [4.69, 9.17) is 46.4 Å². The van der Waals surface area contributed by atoms with Gasteiger partial charge in [0.15, 0.2) is 0 Å². The Morgan fingerprint density at radius 2 is 1.89 bits per heavy atom. The van der Waals surface area contributed by atoms with Crippen LogP contribution >= 0.6 is 46.4 Å². The van der Waals surface area contributed by atoms with E-state index in [2.05, 4.69) is 0 Å². The zero-order valence-corrected chi connectivity index (χ0v) is 7.41. The molecule has 0 saturated carbocycles. The predicted molar refractivity (Wildman–Crippen MR) is 40.8 cm³/mol. The molecule has 56 valence electrons. The first kappa shape index (κ1) is 10.1. The summed E-state index contributed by atoms with van der Waals surface area (Å²) in [6, 6.07) is 0. The summed E-state index contributed by atoms with van der Waals surface area (Å²) in [4.78, 5) is 0. The van der Waals surface area contributed by atoms with Gasteiger partial charge in [-0.1, -0.05) is 11.6 Å². The van der Waals surface area contributed by atoms with Crippen molar-refractivity contribution in [2.45, 2.75) is 10.5 Å². The Kier molecular flexibility index (Phi) is 4.56. The second-order valence-electron chi connectivity index (χ2n) is 1.52. The van der Waals surface area contributed by atoms with Crippen LogP contribution in [0.4, 0.5) is 4.39 Å². The molecule has 0 spiro atoms. The first-order valence-corrected chi connectivity index (χ1v) is 4.06. The summed E-state index contributed by atoms with van der Waals surface area (Å²) in [5.41, 5.74) is 0. The van der Waals surface area contributed by atoms with Crippen LogP contribution in [-0.2, 0) is 0 Å². The minimum atomic E-state index is -2.08. The highest BCUT2D eigenvalue weighted by atomic mass is 35.5. The van der Waals surface area contributed by atoms with Crippen molar-refractivity contribution in [3.05, 3.63) is 0 Å². The van der Waals surface area contributed by atoms with E-state index in [1.54, 1.807) is 0 Å². The maximum Gasteiger partial charge on any atom is 0.214 e. The zero-order valence-electron chi connectivity index (χ0n) is 4.38. The molecule has 0 bridgehead atoms. The summed E-state index contributed by atoms with van der Waals surface area (Å²) >= 11 is 20.8. The van der Waals surface area contributed by atoms with Gasteiger partial charge < -0.3 is 0 Å². The van der Waals surface area contributed by atoms with E-state index in [9.17, 15) is 4.39 Å². The molecule has 0 aromatic carbocycles. The molecule has 5 heteroatoms. The minimum absolute atomic E-state index is 0.0473. The topological polar surface area (TPSA) is 0 Å². The van der Waals surface area contributed by atoms with E-state index in [0.29, 0.717) is 0 Å². The summed E-state index contributed by atoms with van der Waals surface area (Å²) < 4.78 is 12.6. The molecule has 0 aromatic rings. The maximum atomic E-state index is 12.6. The lowest BCUT2D eigenvalue weighted by Crippen LogP contribution is -2.30. The molecule has 0 nitrogen and oxygen atoms in total. The Bertz CT molecular complexity index is 84.6. The molecule has 0 aromatic heterocycles. The van der Waals surface area contributed by atoms with E-state index in [1.165, 1.54) is 0 Å². The van der Waals surface area contributed by atoms with E-state index in [-0.39, 0.29) is 11.8 Å². The van der Waals surface area contributed by atoms with Crippen LogP contribution in [0.3, 0.4) is 0 Å². The average Bonchev–Trinajstić information content (AvgIpc) is 1.86. The molecular weight excluding hydrogens is 209 g/mol. The molecule has 0 rings (SSSR count). The van der Waals surface area contributed by atoms with Gasteiger partial charge in [0, 0.05) is 5.88 Å². The van der Waals surface area contributed by atoms with Gasteiger partial charge in [0.1, 0.15) is 0 Å². The Morgan fingerprint density at radius 1 is 1.44 bits per heavy atom. The highest BCUT2D eigenvalue weighted by molar-refractivity contribution is 6.37. The van der Waals surface area contributed by atoms with Crippen molar-refractivity contribution in [3.63, 3.8) is 0 Å². The molecule has 0 heterocycles. The van der Waals surface area contributed by atoms with Crippen LogP contribution in [0.5, 0.6) is 0 Å². The quantitative estimate of drug-likeness (QED) is 0.633. The van der Waals surface area contributed by atoms with Crippen LogP contribution in [0.1, 0.15) is 0 Å². The second kappa shape index (κ2) is 4.07. The Morgan fingerprint density at radius 3 is 2.00 bits per heavy atom. The van der Waals surface area contributed by atoms with Crippen molar-refractivity contribution >= 4 is 46.4 Å². The predicted octanol–water partition coefficient (Wildman–Crippen LogP) is 2.98. The van der Waals surface area contributed by atoms with Crippen LogP contribution in [0.15, 0.2) is 0 Å². The van der Waals surface area contributed by atoms with Crippen LogP contribution < -0.4 is 0 Å². The molecular formula is C4H5Cl4F. The molecule has 2 atom stereocenters. The fourth-order valence-corrected chi connectivity index (χ4v) is 0.940. The Hall–Kier alpha value is 1.09. The summed E-state index contributed by atoms with van der Waals surface area (Å²) in [7, 11) is 0. The SMILES string of the molecule is FC(Cl)(CCl)C(Cl)CCl. The largest absolute Gasteiger partial charge is 0.223 e. The fourth-order valence-electron chi connectivity index (χ4n) is 0.197. The van der Waals surface area contributed by atoms with E-state index in [1.807, 2.05) is 0 Å². The van der Waals surface area contributed by atoms with E-state index < -0.39 is 10.5 Å². The maximum absolute atomic E-state index is 12.6. The highest BCUT2D eigenvalue weighted by Gasteiger charge is 2.34. The normalized spacial score (nSPS) is 21.0. The van der Waals surface area contributed by atoms with Crippen LogP contribution in [-0.4, -0.2) is 22.3 Å². The van der Waals surface area contributed by atoms with Gasteiger partial charge in [-0.3, -0.25) is 0 Å². The number of alkyl halides is 5. The molecule has 0 radical (unpaired) electrons. The standard InChI is InChI=1S/C4H5Cl4F/c5-1-3(7)4(8,9)2-6/h3H,1-2H2. The molecule has 2 unspecified atom stereocenters. The smallest absolute Gasteiger partial charge is 0.214 e. The van der Waals surface area contributed by atoms with Crippen molar-refractivity contribution in [2.24, 2.45) is 0 Å². The number of hydrogen-bond acceptors (Lipinski definition) is 0. The van der Waals surface area contributed by atoms with Crippen molar-refractivity contribution in [3.8, 4) is 0 Å². The minimum Gasteiger partial charge on any atom is -0.223 e. The van der Waals surface area contributed by atoms with Crippen LogP contribution in [0, 0.1) is 0 Å². The first-order chi connectivity index (χ1) is 4.04. The summed E-state index contributed by atoms with van der Waals surface area (Å²) in [6.07, 6.45) is 0. The van der Waals surface area contributed by atoms with Crippen molar-refractivity contribution in [1.82, 2.24) is 0 Å². The zero-order chi connectivity index (χ0) is 7.49. The molecule has 0 aliphatic carbocycles. The van der Waals surface area contributed by atoms with Crippen LogP contribution in [0.2, 0.25) is 0 Å². The number of hydrogen-bond donors (Lipinski definition) is 0. The lowest BCUT2D eigenvalue weighted by molar-refractivity contribution is 0.308. The molecule has 0 aliphatic rings. The Labute approximate surface area is 73.2 Å². The first-order valence-electron chi connectivity index (χ1n) is 2.18. The van der Waals surface area contributed by atoms with Crippen molar-refractivity contribution < 1.29 is 4.39 Å². The third-order valence-electron chi connectivity index (χ3n) is 0.772. The van der Waals surface area contributed by atoms with Gasteiger partial charge in [-0.15, -0.1) is 34.8 Å². The second-order valence-corrected chi connectivity index (χ2v) is 3.25. The van der Waals surface area contributed by atoms with Gasteiger partial charge in [-0.2, -0.15) is 0 Å².